The number of halogens is 4. The fraction of sp³-hybridized carbons (Fsp3) is 0.182. The first-order valence-corrected chi connectivity index (χ1v) is 5.17. The molecule has 2 nitrogen and oxygen atoms in total. The van der Waals surface area contributed by atoms with Crippen molar-refractivity contribution in [3.8, 4) is 11.3 Å². The van der Waals surface area contributed by atoms with Crippen molar-refractivity contribution >= 4 is 7.25 Å². The fourth-order valence-corrected chi connectivity index (χ4v) is 1.26. The van der Waals surface area contributed by atoms with Gasteiger partial charge in [-0.3, -0.25) is 0 Å². The Morgan fingerprint density at radius 1 is 1.06 bits per heavy atom. The van der Waals surface area contributed by atoms with Crippen molar-refractivity contribution in [1.29, 1.82) is 0 Å². The second kappa shape index (κ2) is 5.70. The summed E-state index contributed by atoms with van der Waals surface area (Å²) in [4.78, 5) is 0. The van der Waals surface area contributed by atoms with Crippen LogP contribution in [-0.4, -0.2) is 7.25 Å². The predicted octanol–water partition coefficient (Wildman–Crippen LogP) is 3.38. The van der Waals surface area contributed by atoms with Crippen molar-refractivity contribution in [2.45, 2.75) is 6.92 Å². The molecule has 0 spiro atoms. The molecule has 1 aromatic carbocycles. The Morgan fingerprint density at radius 2 is 1.56 bits per heavy atom. The van der Waals surface area contributed by atoms with Gasteiger partial charge in [0.15, 0.2) is 7.05 Å². The topological polar surface area (TPSA) is 17.0 Å². The van der Waals surface area contributed by atoms with Crippen LogP contribution in [-0.2, 0) is 7.05 Å². The third-order valence-electron chi connectivity index (χ3n) is 2.13. The van der Waals surface area contributed by atoms with E-state index in [0.717, 1.165) is 17.0 Å². The standard InChI is InChI=1S/C11H12NO.BF4/c1-9-8-11(13-12(9)2)10-6-4-3-5-7-10;2-1(3,4)5/h3-8H,1-2H3;/q+1;-1. The number of hydrogen-bond donors (Lipinski definition) is 0. The number of aromatic nitrogens is 1. The molecule has 0 saturated carbocycles. The molecule has 0 aliphatic heterocycles. The highest BCUT2D eigenvalue weighted by Gasteiger charge is 2.20. The van der Waals surface area contributed by atoms with E-state index >= 15 is 0 Å². The van der Waals surface area contributed by atoms with Crippen molar-refractivity contribution in [3.05, 3.63) is 42.1 Å². The summed E-state index contributed by atoms with van der Waals surface area (Å²) in [7, 11) is -4.10. The molecule has 1 heterocycles. The molecular formula is C11H12BF4NO. The van der Waals surface area contributed by atoms with Crippen LogP contribution in [0, 0.1) is 6.92 Å². The van der Waals surface area contributed by atoms with E-state index < -0.39 is 7.25 Å². The predicted molar refractivity (Wildman–Crippen MR) is 60.2 cm³/mol. The summed E-state index contributed by atoms with van der Waals surface area (Å²) in [6, 6.07) is 12.1. The smallest absolute Gasteiger partial charge is 0.418 e. The van der Waals surface area contributed by atoms with E-state index in [0.29, 0.717) is 0 Å². The van der Waals surface area contributed by atoms with Crippen LogP contribution in [0.15, 0.2) is 40.9 Å². The molecule has 2 rings (SSSR count). The molecule has 0 bridgehead atoms. The number of benzene rings is 1. The molecule has 2 aromatic rings. The molecule has 0 amide bonds. The van der Waals surface area contributed by atoms with Crippen LogP contribution < -0.4 is 4.74 Å². The monoisotopic (exact) mass is 261 g/mol. The van der Waals surface area contributed by atoms with Gasteiger partial charge in [-0.15, -0.1) is 0 Å². The number of hydrogen-bond acceptors (Lipinski definition) is 1. The first kappa shape index (κ1) is 14.3. The van der Waals surface area contributed by atoms with Gasteiger partial charge in [0.05, 0.1) is 6.07 Å². The minimum absolute atomic E-state index is 0.917. The number of rotatable bonds is 1. The van der Waals surface area contributed by atoms with Gasteiger partial charge in [-0.2, -0.15) is 0 Å². The van der Waals surface area contributed by atoms with Crippen LogP contribution in [0.2, 0.25) is 0 Å². The molecule has 7 heteroatoms. The molecule has 0 saturated heterocycles. The summed E-state index contributed by atoms with van der Waals surface area (Å²) in [5.41, 5.74) is 2.24. The van der Waals surface area contributed by atoms with Crippen molar-refractivity contribution in [2.24, 2.45) is 7.05 Å². The highest BCUT2D eigenvalue weighted by Crippen LogP contribution is 2.17. The minimum atomic E-state index is -6.00. The van der Waals surface area contributed by atoms with E-state index in [2.05, 4.69) is 0 Å². The zero-order chi connectivity index (χ0) is 13.8. The van der Waals surface area contributed by atoms with Gasteiger partial charge in [-0.25, -0.2) is 4.52 Å². The third kappa shape index (κ3) is 5.03. The molecule has 0 N–H and O–H groups in total. The van der Waals surface area contributed by atoms with Gasteiger partial charge in [-0.05, 0) is 4.74 Å². The van der Waals surface area contributed by atoms with E-state index in [1.165, 1.54) is 0 Å². The molecule has 0 aliphatic carbocycles. The second-order valence-corrected chi connectivity index (χ2v) is 3.60. The molecule has 0 atom stereocenters. The normalized spacial score (nSPS) is 10.8. The zero-order valence-electron chi connectivity index (χ0n) is 9.91. The van der Waals surface area contributed by atoms with E-state index in [1.807, 2.05) is 50.4 Å². The first-order chi connectivity index (χ1) is 8.27. The zero-order valence-corrected chi connectivity index (χ0v) is 9.91. The van der Waals surface area contributed by atoms with Crippen LogP contribution in [0.4, 0.5) is 17.3 Å². The van der Waals surface area contributed by atoms with Gasteiger partial charge >= 0.3 is 7.25 Å². The second-order valence-electron chi connectivity index (χ2n) is 3.60. The molecule has 0 fully saturated rings. The molecule has 0 radical (unpaired) electrons. The van der Waals surface area contributed by atoms with Crippen molar-refractivity contribution in [1.82, 2.24) is 0 Å². The Hall–Kier alpha value is -1.79. The van der Waals surface area contributed by atoms with E-state index in [4.69, 9.17) is 4.52 Å². The fourth-order valence-electron chi connectivity index (χ4n) is 1.26. The largest absolute Gasteiger partial charge is 0.673 e. The highest BCUT2D eigenvalue weighted by atomic mass is 19.5. The lowest BCUT2D eigenvalue weighted by atomic mass is 10.2. The van der Waals surface area contributed by atoms with Gasteiger partial charge in [-0.1, -0.05) is 30.3 Å². The Balaban J connectivity index is 0.000000280. The average molecular weight is 261 g/mol. The SMILES string of the molecule is Cc1cc(-c2ccccc2)o[n+]1C.F[B-](F)(F)F. The molecule has 0 aliphatic rings. The quantitative estimate of drug-likeness (QED) is 0.437. The highest BCUT2D eigenvalue weighted by molar-refractivity contribution is 6.50. The maximum atomic E-state index is 9.75. The third-order valence-corrected chi connectivity index (χ3v) is 2.13. The van der Waals surface area contributed by atoms with Crippen molar-refractivity contribution < 1.29 is 26.5 Å². The first-order valence-electron chi connectivity index (χ1n) is 5.17. The van der Waals surface area contributed by atoms with Crippen LogP contribution in [0.25, 0.3) is 11.3 Å². The van der Waals surface area contributed by atoms with Gasteiger partial charge in [0, 0.05) is 12.5 Å². The van der Waals surface area contributed by atoms with Gasteiger partial charge in [0.2, 0.25) is 11.5 Å². The van der Waals surface area contributed by atoms with Crippen molar-refractivity contribution in [3.63, 3.8) is 0 Å². The summed E-state index contributed by atoms with van der Waals surface area (Å²) < 4.78 is 46.3. The molecule has 18 heavy (non-hydrogen) atoms. The van der Waals surface area contributed by atoms with E-state index in [9.17, 15) is 17.3 Å². The number of nitrogens with zero attached hydrogens (tertiary/aromatic N) is 1. The lowest BCUT2D eigenvalue weighted by Crippen LogP contribution is -2.27. The molecule has 1 aromatic heterocycles. The Labute approximate surface area is 102 Å². The van der Waals surface area contributed by atoms with Crippen LogP contribution in [0.3, 0.4) is 0 Å². The maximum absolute atomic E-state index is 9.75. The number of aryl methyl sites for hydroxylation is 2. The summed E-state index contributed by atoms with van der Waals surface area (Å²) in [6.07, 6.45) is 0. The molecular weight excluding hydrogens is 249 g/mol. The van der Waals surface area contributed by atoms with Gasteiger partial charge < -0.3 is 17.3 Å². The van der Waals surface area contributed by atoms with Gasteiger partial charge in [0.1, 0.15) is 0 Å². The summed E-state index contributed by atoms with van der Waals surface area (Å²) >= 11 is 0. The van der Waals surface area contributed by atoms with Crippen LogP contribution in [0.1, 0.15) is 5.69 Å². The Morgan fingerprint density at radius 3 is 1.94 bits per heavy atom. The molecule has 98 valence electrons. The summed E-state index contributed by atoms with van der Waals surface area (Å²) in [6.45, 7) is 2.02. The van der Waals surface area contributed by atoms with E-state index in [-0.39, 0.29) is 0 Å². The average Bonchev–Trinajstić information content (AvgIpc) is 2.58. The van der Waals surface area contributed by atoms with Crippen molar-refractivity contribution in [2.75, 3.05) is 0 Å². The lowest BCUT2D eigenvalue weighted by molar-refractivity contribution is -0.847. The Bertz CT molecular complexity index is 470. The minimum Gasteiger partial charge on any atom is -0.418 e. The summed E-state index contributed by atoms with van der Waals surface area (Å²) in [5, 5.41) is 0. The Kier molecular flexibility index (Phi) is 4.52. The maximum Gasteiger partial charge on any atom is 0.673 e. The van der Waals surface area contributed by atoms with Crippen LogP contribution in [0.5, 0.6) is 0 Å². The van der Waals surface area contributed by atoms with Crippen LogP contribution >= 0.6 is 0 Å². The molecule has 0 unspecified atom stereocenters. The van der Waals surface area contributed by atoms with Gasteiger partial charge in [0.25, 0.3) is 0 Å². The lowest BCUT2D eigenvalue weighted by Gasteiger charge is -1.94. The van der Waals surface area contributed by atoms with E-state index in [1.54, 1.807) is 4.74 Å². The summed E-state index contributed by atoms with van der Waals surface area (Å²) in [5.74, 6) is 0.917.